The van der Waals surface area contributed by atoms with Crippen molar-refractivity contribution in [2.75, 3.05) is 18.0 Å². The number of rotatable bonds is 2. The monoisotopic (exact) mass is 273 g/mol. The molecule has 0 amide bonds. The molecule has 5 heteroatoms. The highest BCUT2D eigenvalue weighted by Crippen LogP contribution is 2.22. The number of aliphatic hydroxyl groups is 1. The van der Waals surface area contributed by atoms with Crippen molar-refractivity contribution in [2.24, 2.45) is 0 Å². The fourth-order valence-electron chi connectivity index (χ4n) is 2.38. The molecule has 1 aromatic heterocycles. The second-order valence-corrected chi connectivity index (χ2v) is 4.97. The number of piperidine rings is 1. The Morgan fingerprint density at radius 2 is 1.75 bits per heavy atom. The number of anilines is 1. The van der Waals surface area contributed by atoms with E-state index in [-0.39, 0.29) is 11.9 Å². The average molecular weight is 273 g/mol. The van der Waals surface area contributed by atoms with Crippen molar-refractivity contribution in [1.82, 2.24) is 9.97 Å². The molecule has 1 aromatic carbocycles. The Bertz CT molecular complexity index is 580. The summed E-state index contributed by atoms with van der Waals surface area (Å²) in [7, 11) is 0. The van der Waals surface area contributed by atoms with E-state index in [9.17, 15) is 9.50 Å². The maximum absolute atomic E-state index is 13.7. The summed E-state index contributed by atoms with van der Waals surface area (Å²) in [6, 6.07) is 6.59. The summed E-state index contributed by atoms with van der Waals surface area (Å²) >= 11 is 0. The SMILES string of the molecule is OC1CCN(c2ncc(-c3ccccc3F)cn2)CC1. The smallest absolute Gasteiger partial charge is 0.225 e. The quantitative estimate of drug-likeness (QED) is 0.911. The molecule has 3 rings (SSSR count). The maximum Gasteiger partial charge on any atom is 0.225 e. The molecule has 104 valence electrons. The van der Waals surface area contributed by atoms with Crippen LogP contribution in [0.4, 0.5) is 10.3 Å². The van der Waals surface area contributed by atoms with Gasteiger partial charge in [0.05, 0.1) is 6.10 Å². The molecule has 1 aliphatic rings. The standard InChI is InChI=1S/C15H16FN3O/c16-14-4-2-1-3-13(14)11-9-17-15(18-10-11)19-7-5-12(20)6-8-19/h1-4,9-10,12,20H,5-8H2. The van der Waals surface area contributed by atoms with Crippen molar-refractivity contribution in [3.63, 3.8) is 0 Å². The van der Waals surface area contributed by atoms with E-state index < -0.39 is 0 Å². The Balaban J connectivity index is 1.80. The fraction of sp³-hybridized carbons (Fsp3) is 0.333. The lowest BCUT2D eigenvalue weighted by molar-refractivity contribution is 0.145. The molecular weight excluding hydrogens is 257 g/mol. The minimum Gasteiger partial charge on any atom is -0.393 e. The lowest BCUT2D eigenvalue weighted by atomic mass is 10.1. The van der Waals surface area contributed by atoms with Gasteiger partial charge in [-0.15, -0.1) is 0 Å². The number of hydrogen-bond acceptors (Lipinski definition) is 4. The van der Waals surface area contributed by atoms with E-state index in [4.69, 9.17) is 0 Å². The highest BCUT2D eigenvalue weighted by Gasteiger charge is 2.19. The molecule has 0 spiro atoms. The number of benzene rings is 1. The summed E-state index contributed by atoms with van der Waals surface area (Å²) in [4.78, 5) is 10.7. The molecule has 1 saturated heterocycles. The molecule has 1 aliphatic heterocycles. The van der Waals surface area contributed by atoms with Gasteiger partial charge >= 0.3 is 0 Å². The minimum atomic E-state index is -0.273. The molecule has 0 bridgehead atoms. The van der Waals surface area contributed by atoms with Gasteiger partial charge in [-0.25, -0.2) is 14.4 Å². The van der Waals surface area contributed by atoms with Crippen LogP contribution in [-0.2, 0) is 0 Å². The van der Waals surface area contributed by atoms with Crippen LogP contribution < -0.4 is 4.90 Å². The van der Waals surface area contributed by atoms with E-state index in [2.05, 4.69) is 9.97 Å². The lowest BCUT2D eigenvalue weighted by Gasteiger charge is -2.29. The van der Waals surface area contributed by atoms with Crippen molar-refractivity contribution in [1.29, 1.82) is 0 Å². The first-order chi connectivity index (χ1) is 9.74. The predicted molar refractivity (Wildman–Crippen MR) is 74.9 cm³/mol. The van der Waals surface area contributed by atoms with Crippen molar-refractivity contribution in [3.8, 4) is 11.1 Å². The van der Waals surface area contributed by atoms with Crippen molar-refractivity contribution in [2.45, 2.75) is 18.9 Å². The maximum atomic E-state index is 13.7. The lowest BCUT2D eigenvalue weighted by Crippen LogP contribution is -2.36. The second kappa shape index (κ2) is 5.54. The summed E-state index contributed by atoms with van der Waals surface area (Å²) in [6.07, 6.45) is 4.54. The van der Waals surface area contributed by atoms with E-state index >= 15 is 0 Å². The van der Waals surface area contributed by atoms with Gasteiger partial charge in [0.1, 0.15) is 5.82 Å². The summed E-state index contributed by atoms with van der Waals surface area (Å²) < 4.78 is 13.7. The first-order valence-electron chi connectivity index (χ1n) is 6.74. The summed E-state index contributed by atoms with van der Waals surface area (Å²) in [5, 5.41) is 9.49. The van der Waals surface area contributed by atoms with E-state index in [0.29, 0.717) is 17.1 Å². The van der Waals surface area contributed by atoms with Gasteiger partial charge in [0.15, 0.2) is 0 Å². The number of hydrogen-bond donors (Lipinski definition) is 1. The van der Waals surface area contributed by atoms with Crippen LogP contribution in [-0.4, -0.2) is 34.3 Å². The minimum absolute atomic E-state index is 0.219. The topological polar surface area (TPSA) is 49.2 Å². The first-order valence-corrected chi connectivity index (χ1v) is 6.74. The third-order valence-electron chi connectivity index (χ3n) is 3.57. The molecule has 20 heavy (non-hydrogen) atoms. The second-order valence-electron chi connectivity index (χ2n) is 4.97. The normalized spacial score (nSPS) is 16.4. The predicted octanol–water partition coefficient (Wildman–Crippen LogP) is 2.24. The van der Waals surface area contributed by atoms with Gasteiger partial charge in [-0.3, -0.25) is 0 Å². The Morgan fingerprint density at radius 3 is 2.40 bits per heavy atom. The molecule has 2 aromatic rings. The molecule has 2 heterocycles. The zero-order valence-corrected chi connectivity index (χ0v) is 11.0. The van der Waals surface area contributed by atoms with Crippen LogP contribution >= 0.6 is 0 Å². The zero-order chi connectivity index (χ0) is 13.9. The summed E-state index contributed by atoms with van der Waals surface area (Å²) in [5.74, 6) is 0.363. The molecule has 0 unspecified atom stereocenters. The Hall–Kier alpha value is -2.01. The van der Waals surface area contributed by atoms with Crippen LogP contribution in [0, 0.1) is 5.82 Å². The summed E-state index contributed by atoms with van der Waals surface area (Å²) in [5.41, 5.74) is 1.18. The Morgan fingerprint density at radius 1 is 1.10 bits per heavy atom. The molecule has 1 N–H and O–H groups in total. The molecular formula is C15H16FN3O. The number of aromatic nitrogens is 2. The van der Waals surface area contributed by atoms with E-state index in [0.717, 1.165) is 25.9 Å². The van der Waals surface area contributed by atoms with Crippen molar-refractivity contribution < 1.29 is 9.50 Å². The van der Waals surface area contributed by atoms with Crippen molar-refractivity contribution in [3.05, 3.63) is 42.5 Å². The molecule has 0 aliphatic carbocycles. The number of halogens is 1. The van der Waals surface area contributed by atoms with Gasteiger partial charge < -0.3 is 10.0 Å². The highest BCUT2D eigenvalue weighted by molar-refractivity contribution is 5.62. The van der Waals surface area contributed by atoms with Crippen LogP contribution in [0.15, 0.2) is 36.7 Å². The largest absolute Gasteiger partial charge is 0.393 e. The molecule has 0 atom stereocenters. The van der Waals surface area contributed by atoms with Gasteiger partial charge in [0.2, 0.25) is 5.95 Å². The van der Waals surface area contributed by atoms with Crippen LogP contribution in [0.25, 0.3) is 11.1 Å². The van der Waals surface area contributed by atoms with E-state index in [1.54, 1.807) is 30.6 Å². The van der Waals surface area contributed by atoms with E-state index in [1.165, 1.54) is 6.07 Å². The van der Waals surface area contributed by atoms with Gasteiger partial charge in [0, 0.05) is 36.6 Å². The number of nitrogens with zero attached hydrogens (tertiary/aromatic N) is 3. The molecule has 0 radical (unpaired) electrons. The van der Waals surface area contributed by atoms with Crippen LogP contribution in [0.5, 0.6) is 0 Å². The third-order valence-corrected chi connectivity index (χ3v) is 3.57. The molecule has 1 fully saturated rings. The fourth-order valence-corrected chi connectivity index (χ4v) is 2.38. The van der Waals surface area contributed by atoms with Crippen molar-refractivity contribution >= 4 is 5.95 Å². The zero-order valence-electron chi connectivity index (χ0n) is 11.0. The Kier molecular flexibility index (Phi) is 3.60. The third kappa shape index (κ3) is 2.63. The van der Waals surface area contributed by atoms with Gasteiger partial charge in [-0.2, -0.15) is 0 Å². The number of aliphatic hydroxyl groups excluding tert-OH is 1. The van der Waals surface area contributed by atoms with Crippen LogP contribution in [0.1, 0.15) is 12.8 Å². The average Bonchev–Trinajstić information content (AvgIpc) is 2.49. The molecule has 0 saturated carbocycles. The van der Waals surface area contributed by atoms with Crippen LogP contribution in [0.3, 0.4) is 0 Å². The van der Waals surface area contributed by atoms with Crippen LogP contribution in [0.2, 0.25) is 0 Å². The highest BCUT2D eigenvalue weighted by atomic mass is 19.1. The van der Waals surface area contributed by atoms with Gasteiger partial charge in [0.25, 0.3) is 0 Å². The summed E-state index contributed by atoms with van der Waals surface area (Å²) in [6.45, 7) is 1.50. The first kappa shape index (κ1) is 13.0. The molecule has 4 nitrogen and oxygen atoms in total. The Labute approximate surface area is 116 Å². The van der Waals surface area contributed by atoms with E-state index in [1.807, 2.05) is 4.90 Å². The van der Waals surface area contributed by atoms with Gasteiger partial charge in [-0.05, 0) is 18.9 Å². The van der Waals surface area contributed by atoms with Gasteiger partial charge in [-0.1, -0.05) is 18.2 Å².